The molecule has 0 aliphatic heterocycles. The van der Waals surface area contributed by atoms with Crippen LogP contribution in [-0.2, 0) is 0 Å². The summed E-state index contributed by atoms with van der Waals surface area (Å²) >= 11 is 0. The van der Waals surface area contributed by atoms with Crippen LogP contribution in [0, 0.1) is 5.41 Å². The largest absolute Gasteiger partial charge is 0.314 e. The van der Waals surface area contributed by atoms with Crippen LogP contribution in [-0.4, -0.2) is 12.6 Å². The van der Waals surface area contributed by atoms with Crippen molar-refractivity contribution in [2.75, 3.05) is 6.54 Å². The van der Waals surface area contributed by atoms with Crippen LogP contribution in [0.2, 0.25) is 0 Å². The molecule has 0 aromatic carbocycles. The summed E-state index contributed by atoms with van der Waals surface area (Å²) in [5, 5.41) is 3.52. The molecule has 0 rings (SSSR count). The van der Waals surface area contributed by atoms with Crippen LogP contribution < -0.4 is 5.32 Å². The summed E-state index contributed by atoms with van der Waals surface area (Å²) in [6.45, 7) is 12.5. The van der Waals surface area contributed by atoms with E-state index in [4.69, 9.17) is 0 Å². The van der Waals surface area contributed by atoms with Gasteiger partial charge >= 0.3 is 0 Å². The van der Waals surface area contributed by atoms with Gasteiger partial charge in [-0.2, -0.15) is 0 Å². The molecule has 1 heteroatoms. The van der Waals surface area contributed by atoms with E-state index in [1.807, 2.05) is 0 Å². The molecule has 0 aliphatic rings. The molecule has 1 atom stereocenters. The van der Waals surface area contributed by atoms with E-state index in [0.29, 0.717) is 11.5 Å². The van der Waals surface area contributed by atoms with Crippen molar-refractivity contribution in [2.24, 2.45) is 5.41 Å². The standard InChI is InChI=1S/C10H23N/c1-6-9(3)11-8-10(4,5)7-2/h9,11H,6-8H2,1-5H3. The third-order valence-electron chi connectivity index (χ3n) is 2.50. The summed E-state index contributed by atoms with van der Waals surface area (Å²) in [6.07, 6.45) is 2.47. The highest BCUT2D eigenvalue weighted by atomic mass is 14.9. The van der Waals surface area contributed by atoms with Crippen LogP contribution in [0.1, 0.15) is 47.5 Å². The summed E-state index contributed by atoms with van der Waals surface area (Å²) in [7, 11) is 0. The topological polar surface area (TPSA) is 12.0 Å². The van der Waals surface area contributed by atoms with E-state index in [2.05, 4.69) is 39.9 Å². The van der Waals surface area contributed by atoms with E-state index in [1.165, 1.54) is 12.8 Å². The first kappa shape index (κ1) is 11.0. The van der Waals surface area contributed by atoms with E-state index in [0.717, 1.165) is 6.54 Å². The first-order chi connectivity index (χ1) is 5.02. The maximum atomic E-state index is 3.52. The zero-order valence-corrected chi connectivity index (χ0v) is 8.70. The average Bonchev–Trinajstić information content (AvgIpc) is 2.00. The third-order valence-corrected chi connectivity index (χ3v) is 2.50. The van der Waals surface area contributed by atoms with Crippen LogP contribution in [0.4, 0.5) is 0 Å². The molecular weight excluding hydrogens is 134 g/mol. The predicted octanol–water partition coefficient (Wildman–Crippen LogP) is 2.81. The molecule has 68 valence electrons. The first-order valence-corrected chi connectivity index (χ1v) is 4.75. The van der Waals surface area contributed by atoms with Gasteiger partial charge in [-0.1, -0.05) is 27.7 Å². The quantitative estimate of drug-likeness (QED) is 0.647. The summed E-state index contributed by atoms with van der Waals surface area (Å²) in [4.78, 5) is 0. The highest BCUT2D eigenvalue weighted by Crippen LogP contribution is 2.17. The van der Waals surface area contributed by atoms with Gasteiger partial charge in [-0.15, -0.1) is 0 Å². The van der Waals surface area contributed by atoms with Gasteiger partial charge < -0.3 is 5.32 Å². The lowest BCUT2D eigenvalue weighted by Crippen LogP contribution is -2.34. The Kier molecular flexibility index (Phi) is 4.74. The van der Waals surface area contributed by atoms with Crippen molar-refractivity contribution >= 4 is 0 Å². The van der Waals surface area contributed by atoms with Gasteiger partial charge in [0.25, 0.3) is 0 Å². The molecule has 1 N–H and O–H groups in total. The summed E-state index contributed by atoms with van der Waals surface area (Å²) < 4.78 is 0. The Hall–Kier alpha value is -0.0400. The maximum absolute atomic E-state index is 3.52. The van der Waals surface area contributed by atoms with Crippen molar-refractivity contribution in [1.29, 1.82) is 0 Å². The minimum atomic E-state index is 0.462. The Bertz CT molecular complexity index is 97.0. The van der Waals surface area contributed by atoms with Crippen molar-refractivity contribution in [3.05, 3.63) is 0 Å². The maximum Gasteiger partial charge on any atom is 0.00363 e. The van der Waals surface area contributed by atoms with Crippen molar-refractivity contribution in [3.63, 3.8) is 0 Å². The highest BCUT2D eigenvalue weighted by Gasteiger charge is 2.14. The van der Waals surface area contributed by atoms with Crippen molar-refractivity contribution < 1.29 is 0 Å². The van der Waals surface area contributed by atoms with Crippen molar-refractivity contribution in [3.8, 4) is 0 Å². The van der Waals surface area contributed by atoms with Gasteiger partial charge in [0.2, 0.25) is 0 Å². The molecule has 0 spiro atoms. The van der Waals surface area contributed by atoms with Gasteiger partial charge in [-0.05, 0) is 25.2 Å². The van der Waals surface area contributed by atoms with Crippen LogP contribution in [0.3, 0.4) is 0 Å². The molecule has 0 aromatic rings. The summed E-state index contributed by atoms with van der Waals surface area (Å²) in [5.41, 5.74) is 0.462. The number of rotatable bonds is 5. The molecular formula is C10H23N. The minimum absolute atomic E-state index is 0.462. The van der Waals surface area contributed by atoms with E-state index in [-0.39, 0.29) is 0 Å². The fourth-order valence-corrected chi connectivity index (χ4v) is 0.720. The van der Waals surface area contributed by atoms with Crippen LogP contribution in [0.5, 0.6) is 0 Å². The van der Waals surface area contributed by atoms with Gasteiger partial charge in [0.1, 0.15) is 0 Å². The van der Waals surface area contributed by atoms with Crippen LogP contribution >= 0.6 is 0 Å². The van der Waals surface area contributed by atoms with Gasteiger partial charge in [-0.3, -0.25) is 0 Å². The summed E-state index contributed by atoms with van der Waals surface area (Å²) in [5.74, 6) is 0. The Morgan fingerprint density at radius 3 is 2.18 bits per heavy atom. The number of hydrogen-bond acceptors (Lipinski definition) is 1. The zero-order chi connectivity index (χ0) is 8.91. The first-order valence-electron chi connectivity index (χ1n) is 4.75. The van der Waals surface area contributed by atoms with Gasteiger partial charge in [-0.25, -0.2) is 0 Å². The van der Waals surface area contributed by atoms with E-state index in [9.17, 15) is 0 Å². The van der Waals surface area contributed by atoms with E-state index >= 15 is 0 Å². The second-order valence-corrected chi connectivity index (χ2v) is 4.21. The molecule has 11 heavy (non-hydrogen) atoms. The molecule has 0 radical (unpaired) electrons. The Morgan fingerprint density at radius 1 is 1.27 bits per heavy atom. The molecule has 0 saturated heterocycles. The van der Waals surface area contributed by atoms with E-state index in [1.54, 1.807) is 0 Å². The zero-order valence-electron chi connectivity index (χ0n) is 8.70. The van der Waals surface area contributed by atoms with Crippen LogP contribution in [0.25, 0.3) is 0 Å². The summed E-state index contributed by atoms with van der Waals surface area (Å²) in [6, 6.07) is 0.667. The molecule has 0 amide bonds. The number of hydrogen-bond donors (Lipinski definition) is 1. The lowest BCUT2D eigenvalue weighted by Gasteiger charge is -2.25. The molecule has 0 saturated carbocycles. The minimum Gasteiger partial charge on any atom is -0.314 e. The number of nitrogens with one attached hydrogen (secondary N) is 1. The third kappa shape index (κ3) is 5.25. The second-order valence-electron chi connectivity index (χ2n) is 4.21. The lowest BCUT2D eigenvalue weighted by atomic mass is 9.90. The fourth-order valence-electron chi connectivity index (χ4n) is 0.720. The normalized spacial score (nSPS) is 15.0. The SMILES string of the molecule is CCC(C)NCC(C)(C)CC. The van der Waals surface area contributed by atoms with Gasteiger partial charge in [0.05, 0.1) is 0 Å². The predicted molar refractivity (Wildman–Crippen MR) is 51.8 cm³/mol. The van der Waals surface area contributed by atoms with E-state index < -0.39 is 0 Å². The van der Waals surface area contributed by atoms with Crippen molar-refractivity contribution in [1.82, 2.24) is 5.32 Å². The van der Waals surface area contributed by atoms with Gasteiger partial charge in [0, 0.05) is 12.6 Å². The molecule has 0 heterocycles. The Labute approximate surface area is 71.6 Å². The molecule has 1 unspecified atom stereocenters. The molecule has 0 aromatic heterocycles. The monoisotopic (exact) mass is 157 g/mol. The average molecular weight is 157 g/mol. The molecule has 0 bridgehead atoms. The van der Waals surface area contributed by atoms with Crippen molar-refractivity contribution in [2.45, 2.75) is 53.5 Å². The molecule has 0 fully saturated rings. The fraction of sp³-hybridized carbons (Fsp3) is 1.00. The smallest absolute Gasteiger partial charge is 0.00363 e. The lowest BCUT2D eigenvalue weighted by molar-refractivity contribution is 0.310. The Morgan fingerprint density at radius 2 is 1.82 bits per heavy atom. The molecule has 0 aliphatic carbocycles. The Balaban J connectivity index is 3.52. The second kappa shape index (κ2) is 4.76. The van der Waals surface area contributed by atoms with Crippen LogP contribution in [0.15, 0.2) is 0 Å². The molecule has 1 nitrogen and oxygen atoms in total. The van der Waals surface area contributed by atoms with Gasteiger partial charge in [0.15, 0.2) is 0 Å². The highest BCUT2D eigenvalue weighted by molar-refractivity contribution is 4.71.